The van der Waals surface area contributed by atoms with Gasteiger partial charge in [0.1, 0.15) is 0 Å². The molecule has 0 saturated heterocycles. The van der Waals surface area contributed by atoms with Gasteiger partial charge in [0.05, 0.1) is 5.60 Å². The smallest absolute Gasteiger partial charge is 0.0837 e. The van der Waals surface area contributed by atoms with Gasteiger partial charge in [-0.25, -0.2) is 0 Å². The summed E-state index contributed by atoms with van der Waals surface area (Å²) in [5.41, 5.74) is 2.55. The van der Waals surface area contributed by atoms with E-state index < -0.39 is 5.60 Å². The molecule has 0 radical (unpaired) electrons. The van der Waals surface area contributed by atoms with Gasteiger partial charge in [0.2, 0.25) is 0 Å². The first kappa shape index (κ1) is 14.9. The highest BCUT2D eigenvalue weighted by atomic mass is 16.3. The van der Waals surface area contributed by atoms with Gasteiger partial charge < -0.3 is 5.11 Å². The molecule has 0 aliphatic rings. The lowest BCUT2D eigenvalue weighted by Gasteiger charge is -2.19. The highest BCUT2D eigenvalue weighted by Crippen LogP contribution is 2.20. The number of aliphatic hydroxyl groups is 1. The fraction of sp³-hybridized carbons (Fsp3) is 0.467. The van der Waals surface area contributed by atoms with E-state index in [1.54, 1.807) is 13.8 Å². The Morgan fingerprint density at radius 3 is 2.00 bits per heavy atom. The molecule has 0 unspecified atom stereocenters. The molecule has 0 amide bonds. The van der Waals surface area contributed by atoms with Crippen molar-refractivity contribution >= 4 is 0 Å². The van der Waals surface area contributed by atoms with Gasteiger partial charge >= 0.3 is 0 Å². The molecule has 0 aliphatic carbocycles. The van der Waals surface area contributed by atoms with Crippen molar-refractivity contribution < 1.29 is 5.11 Å². The molecule has 1 N–H and O–H groups in total. The summed E-state index contributed by atoms with van der Waals surface area (Å²) in [6.45, 7) is 11.7. The Kier molecular flexibility index (Phi) is 6.05. The monoisotopic (exact) mass is 220 g/mol. The zero-order chi connectivity index (χ0) is 12.8. The van der Waals surface area contributed by atoms with Crippen LogP contribution in [-0.2, 0) is 0 Å². The number of rotatable bonds is 4. The van der Waals surface area contributed by atoms with Crippen molar-refractivity contribution in [2.75, 3.05) is 0 Å². The quantitative estimate of drug-likeness (QED) is 0.705. The average Bonchev–Trinajstić information content (AvgIpc) is 2.20. The van der Waals surface area contributed by atoms with E-state index in [1.165, 1.54) is 11.1 Å². The second-order valence-corrected chi connectivity index (χ2v) is 4.51. The number of hydrogen-bond donors (Lipinski definition) is 1. The predicted molar refractivity (Wildman–Crippen MR) is 72.4 cm³/mol. The van der Waals surface area contributed by atoms with Gasteiger partial charge in [-0.15, -0.1) is 0 Å². The fourth-order valence-electron chi connectivity index (χ4n) is 1.33. The second kappa shape index (κ2) is 6.49. The van der Waals surface area contributed by atoms with E-state index in [-0.39, 0.29) is 0 Å². The van der Waals surface area contributed by atoms with Gasteiger partial charge in [-0.2, -0.15) is 0 Å². The lowest BCUT2D eigenvalue weighted by Crippen LogP contribution is -2.20. The molecular formula is C15H24O. The van der Waals surface area contributed by atoms with Crippen LogP contribution in [0.15, 0.2) is 47.1 Å². The van der Waals surface area contributed by atoms with Gasteiger partial charge in [0.15, 0.2) is 0 Å². The van der Waals surface area contributed by atoms with Crippen molar-refractivity contribution in [3.05, 3.63) is 47.1 Å². The SMILES string of the molecule is CC=CC=C(C)C(C)=CC(=CC)C(C)(C)O. The molecule has 0 bridgehead atoms. The molecule has 0 aliphatic heterocycles. The van der Waals surface area contributed by atoms with Crippen LogP contribution in [0.4, 0.5) is 0 Å². The Morgan fingerprint density at radius 2 is 1.62 bits per heavy atom. The zero-order valence-corrected chi connectivity index (χ0v) is 11.3. The van der Waals surface area contributed by atoms with Crippen LogP contribution in [0.25, 0.3) is 0 Å². The molecule has 16 heavy (non-hydrogen) atoms. The third-order valence-corrected chi connectivity index (χ3v) is 2.55. The Bertz CT molecular complexity index is 333. The minimum atomic E-state index is -0.781. The van der Waals surface area contributed by atoms with Crippen LogP contribution >= 0.6 is 0 Å². The summed E-state index contributed by atoms with van der Waals surface area (Å²) in [4.78, 5) is 0. The Hall–Kier alpha value is -1.08. The largest absolute Gasteiger partial charge is 0.386 e. The lowest BCUT2D eigenvalue weighted by molar-refractivity contribution is 0.123. The summed E-state index contributed by atoms with van der Waals surface area (Å²) in [7, 11) is 0. The average molecular weight is 220 g/mol. The van der Waals surface area contributed by atoms with Crippen LogP contribution in [0.2, 0.25) is 0 Å². The number of hydrogen-bond acceptors (Lipinski definition) is 1. The third kappa shape index (κ3) is 5.13. The first-order valence-electron chi connectivity index (χ1n) is 5.70. The van der Waals surface area contributed by atoms with Gasteiger partial charge in [-0.05, 0) is 58.3 Å². The maximum absolute atomic E-state index is 9.94. The van der Waals surface area contributed by atoms with Crippen molar-refractivity contribution in [2.24, 2.45) is 0 Å². The molecule has 1 nitrogen and oxygen atoms in total. The highest BCUT2D eigenvalue weighted by molar-refractivity contribution is 5.38. The van der Waals surface area contributed by atoms with Crippen molar-refractivity contribution in [1.29, 1.82) is 0 Å². The molecule has 0 atom stereocenters. The summed E-state index contributed by atoms with van der Waals surface area (Å²) >= 11 is 0. The van der Waals surface area contributed by atoms with Crippen LogP contribution in [0.1, 0.15) is 41.5 Å². The van der Waals surface area contributed by atoms with Gasteiger partial charge in [-0.3, -0.25) is 0 Å². The maximum atomic E-state index is 9.94. The lowest BCUT2D eigenvalue weighted by atomic mass is 9.94. The Balaban J connectivity index is 5.04. The molecule has 0 aromatic rings. The Morgan fingerprint density at radius 1 is 1.06 bits per heavy atom. The summed E-state index contributed by atoms with van der Waals surface area (Å²) in [5.74, 6) is 0. The van der Waals surface area contributed by atoms with E-state index in [9.17, 15) is 5.11 Å². The second-order valence-electron chi connectivity index (χ2n) is 4.51. The van der Waals surface area contributed by atoms with Crippen LogP contribution in [0.3, 0.4) is 0 Å². The molecule has 0 aromatic heterocycles. The molecule has 0 heterocycles. The third-order valence-electron chi connectivity index (χ3n) is 2.55. The van der Waals surface area contributed by atoms with Crippen LogP contribution in [0, 0.1) is 0 Å². The van der Waals surface area contributed by atoms with E-state index >= 15 is 0 Å². The van der Waals surface area contributed by atoms with Crippen LogP contribution < -0.4 is 0 Å². The van der Waals surface area contributed by atoms with Gasteiger partial charge in [-0.1, -0.05) is 30.4 Å². The molecule has 90 valence electrons. The van der Waals surface area contributed by atoms with Crippen molar-refractivity contribution in [3.8, 4) is 0 Å². The predicted octanol–water partition coefficient (Wildman–Crippen LogP) is 4.17. The van der Waals surface area contributed by atoms with E-state index in [2.05, 4.69) is 19.9 Å². The van der Waals surface area contributed by atoms with Crippen molar-refractivity contribution in [3.63, 3.8) is 0 Å². The highest BCUT2D eigenvalue weighted by Gasteiger charge is 2.16. The Labute approximate surface area is 99.9 Å². The molecule has 0 saturated carbocycles. The normalized spacial score (nSPS) is 16.1. The minimum Gasteiger partial charge on any atom is -0.386 e. The summed E-state index contributed by atoms with van der Waals surface area (Å²) in [6, 6.07) is 0. The molecule has 0 aromatic carbocycles. The molecule has 0 spiro atoms. The molecule has 0 fully saturated rings. The van der Waals surface area contributed by atoms with Crippen molar-refractivity contribution in [2.45, 2.75) is 47.1 Å². The summed E-state index contributed by atoms with van der Waals surface area (Å²) in [5, 5.41) is 9.94. The number of allylic oxidation sites excluding steroid dienone is 6. The first-order chi connectivity index (χ1) is 7.32. The van der Waals surface area contributed by atoms with Crippen LogP contribution in [0.5, 0.6) is 0 Å². The van der Waals surface area contributed by atoms with Gasteiger partial charge in [0, 0.05) is 0 Å². The van der Waals surface area contributed by atoms with E-state index in [4.69, 9.17) is 0 Å². The fourth-order valence-corrected chi connectivity index (χ4v) is 1.33. The van der Waals surface area contributed by atoms with E-state index in [0.717, 1.165) is 5.57 Å². The molecule has 1 heteroatoms. The standard InChI is InChI=1S/C15H24O/c1-7-9-10-12(3)13(4)11-14(8-2)15(5,6)16/h7-11,16H,1-6H3. The van der Waals surface area contributed by atoms with Gasteiger partial charge in [0.25, 0.3) is 0 Å². The van der Waals surface area contributed by atoms with E-state index in [0.29, 0.717) is 0 Å². The summed E-state index contributed by atoms with van der Waals surface area (Å²) < 4.78 is 0. The zero-order valence-electron chi connectivity index (χ0n) is 11.3. The molecule has 0 rings (SSSR count). The minimum absolute atomic E-state index is 0.781. The van der Waals surface area contributed by atoms with Crippen LogP contribution in [-0.4, -0.2) is 10.7 Å². The first-order valence-corrected chi connectivity index (χ1v) is 5.70. The van der Waals surface area contributed by atoms with E-state index in [1.807, 2.05) is 38.2 Å². The van der Waals surface area contributed by atoms with Crippen molar-refractivity contribution in [1.82, 2.24) is 0 Å². The summed E-state index contributed by atoms with van der Waals surface area (Å²) in [6.07, 6.45) is 10.1. The maximum Gasteiger partial charge on any atom is 0.0837 e. The topological polar surface area (TPSA) is 20.2 Å². The molecular weight excluding hydrogens is 196 g/mol.